The first kappa shape index (κ1) is 30.8. The van der Waals surface area contributed by atoms with Crippen molar-refractivity contribution >= 4 is 29.2 Å². The molecule has 37 heavy (non-hydrogen) atoms. The number of ether oxygens (including phenoxy) is 1. The van der Waals surface area contributed by atoms with Crippen LogP contribution in [0.5, 0.6) is 0 Å². The number of halogens is 6. The van der Waals surface area contributed by atoms with Gasteiger partial charge in [-0.1, -0.05) is 0 Å². The largest absolute Gasteiger partial charge is 0.490 e. The highest BCUT2D eigenvalue weighted by Gasteiger charge is 2.42. The number of likely N-dealkylation sites (tertiary alicyclic amines) is 2. The monoisotopic (exact) mass is 563 g/mol. The zero-order valence-corrected chi connectivity index (χ0v) is 20.3. The maximum absolute atomic E-state index is 12.6. The number of hydrogen-bond donors (Lipinski definition) is 2. The van der Waals surface area contributed by atoms with Crippen molar-refractivity contribution < 1.29 is 55.7 Å². The number of thiophene rings is 1. The molecule has 2 atom stereocenters. The maximum atomic E-state index is 12.6. The lowest BCUT2D eigenvalue weighted by atomic mass is 10.1. The lowest BCUT2D eigenvalue weighted by molar-refractivity contribution is -0.193. The molecule has 9 nitrogen and oxygen atoms in total. The van der Waals surface area contributed by atoms with Crippen LogP contribution < -0.4 is 0 Å². The van der Waals surface area contributed by atoms with Gasteiger partial charge in [0.15, 0.2) is 0 Å². The number of alkyl halides is 6. The van der Waals surface area contributed by atoms with E-state index >= 15 is 0 Å². The first-order valence-electron chi connectivity index (χ1n) is 11.2. The van der Waals surface area contributed by atoms with E-state index in [0.717, 1.165) is 44.9 Å². The predicted octanol–water partition coefficient (Wildman–Crippen LogP) is 2.64. The topological polar surface area (TPSA) is 111 Å². The van der Waals surface area contributed by atoms with Gasteiger partial charge < -0.3 is 24.7 Å². The van der Waals surface area contributed by atoms with Gasteiger partial charge in [0.1, 0.15) is 0 Å². The average molecular weight is 564 g/mol. The minimum Gasteiger partial charge on any atom is -0.475 e. The van der Waals surface area contributed by atoms with E-state index < -0.39 is 24.3 Å². The van der Waals surface area contributed by atoms with E-state index in [-0.39, 0.29) is 12.0 Å². The zero-order chi connectivity index (χ0) is 27.8. The Morgan fingerprint density at radius 3 is 2.00 bits per heavy atom. The first-order valence-corrected chi connectivity index (χ1v) is 12.1. The Kier molecular flexibility index (Phi) is 11.1. The number of nitrogens with zero attached hydrogens (tertiary/aromatic N) is 3. The van der Waals surface area contributed by atoms with Crippen LogP contribution in [0.2, 0.25) is 0 Å². The number of carboxylic acids is 2. The van der Waals surface area contributed by atoms with Crippen LogP contribution in [0.15, 0.2) is 16.8 Å². The molecule has 0 saturated carbocycles. The molecule has 3 fully saturated rings. The summed E-state index contributed by atoms with van der Waals surface area (Å²) >= 11 is 1.58. The summed E-state index contributed by atoms with van der Waals surface area (Å²) < 4.78 is 69.4. The molecule has 16 heteroatoms. The Morgan fingerprint density at radius 2 is 1.51 bits per heavy atom. The standard InChI is InChI=1S/C17H25N3O2S.2C2HF3O2/c21-17(14-3-10-23-13-14)20-11-15-16(12-20)22-9-8-19(15)7-6-18-4-1-2-5-18;2*3-2(4,5)1(6)7/h3,10,13,15-16H,1-2,4-9,11-12H2;2*(H,6,7)/t15-,16+;;/m1../s1. The molecule has 1 aromatic heterocycles. The van der Waals surface area contributed by atoms with Gasteiger partial charge in [0.05, 0.1) is 24.3 Å². The molecule has 3 saturated heterocycles. The first-order chi connectivity index (χ1) is 17.2. The van der Waals surface area contributed by atoms with Crippen LogP contribution in [0.4, 0.5) is 26.3 Å². The predicted molar refractivity (Wildman–Crippen MR) is 118 cm³/mol. The number of hydrogen-bond acceptors (Lipinski definition) is 7. The number of fused-ring (bicyclic) bond motifs is 1. The number of rotatable bonds is 4. The van der Waals surface area contributed by atoms with Crippen LogP contribution in [-0.2, 0) is 14.3 Å². The van der Waals surface area contributed by atoms with E-state index in [1.165, 1.54) is 25.9 Å². The molecular weight excluding hydrogens is 536 g/mol. The third-order valence-corrected chi connectivity index (χ3v) is 6.54. The Hall–Kier alpha value is -2.43. The van der Waals surface area contributed by atoms with Crippen molar-refractivity contribution in [2.24, 2.45) is 0 Å². The van der Waals surface area contributed by atoms with E-state index in [1.807, 2.05) is 21.7 Å². The summed E-state index contributed by atoms with van der Waals surface area (Å²) in [5.74, 6) is -5.36. The van der Waals surface area contributed by atoms with Crippen molar-refractivity contribution in [2.45, 2.75) is 37.3 Å². The summed E-state index contributed by atoms with van der Waals surface area (Å²) in [5, 5.41) is 18.2. The zero-order valence-electron chi connectivity index (χ0n) is 19.5. The molecule has 0 unspecified atom stereocenters. The lowest BCUT2D eigenvalue weighted by Crippen LogP contribution is -2.52. The third kappa shape index (κ3) is 9.75. The smallest absolute Gasteiger partial charge is 0.475 e. The van der Waals surface area contributed by atoms with Crippen LogP contribution in [0, 0.1) is 0 Å². The highest BCUT2D eigenvalue weighted by molar-refractivity contribution is 7.08. The van der Waals surface area contributed by atoms with E-state index in [0.29, 0.717) is 6.04 Å². The minimum atomic E-state index is -5.08. The fourth-order valence-corrected chi connectivity index (χ4v) is 4.68. The fourth-order valence-electron chi connectivity index (χ4n) is 4.05. The number of amides is 1. The molecule has 0 bridgehead atoms. The summed E-state index contributed by atoms with van der Waals surface area (Å²) in [6.07, 6.45) is -7.29. The van der Waals surface area contributed by atoms with Crippen LogP contribution in [0.3, 0.4) is 0 Å². The van der Waals surface area contributed by atoms with Gasteiger partial charge in [-0.25, -0.2) is 9.59 Å². The minimum absolute atomic E-state index is 0.156. The van der Waals surface area contributed by atoms with Gasteiger partial charge in [-0.05, 0) is 37.4 Å². The SMILES string of the molecule is O=C(O)C(F)(F)F.O=C(O)C(F)(F)F.O=C(c1ccsc1)N1C[C@@H]2OCCN(CCN3CCCC3)[C@@H]2C1. The molecule has 2 N–H and O–H groups in total. The molecule has 210 valence electrons. The quantitative estimate of drug-likeness (QED) is 0.539. The van der Waals surface area contributed by atoms with Crippen LogP contribution >= 0.6 is 11.3 Å². The van der Waals surface area contributed by atoms with Gasteiger partial charge in [0.2, 0.25) is 0 Å². The van der Waals surface area contributed by atoms with Crippen molar-refractivity contribution in [3.05, 3.63) is 22.4 Å². The number of carbonyl (C=O) groups is 3. The van der Waals surface area contributed by atoms with E-state index in [4.69, 9.17) is 24.5 Å². The molecule has 1 amide bonds. The molecule has 3 aliphatic rings. The number of carbonyl (C=O) groups excluding carboxylic acids is 1. The molecule has 0 aliphatic carbocycles. The second kappa shape index (κ2) is 13.4. The second-order valence-corrected chi connectivity index (χ2v) is 9.17. The Bertz CT molecular complexity index is 868. The average Bonchev–Trinajstić information content (AvgIpc) is 3.58. The van der Waals surface area contributed by atoms with E-state index in [9.17, 15) is 31.1 Å². The van der Waals surface area contributed by atoms with E-state index in [2.05, 4.69) is 9.80 Å². The molecule has 0 radical (unpaired) electrons. The number of aliphatic carboxylic acids is 2. The normalized spacial score (nSPS) is 22.4. The Labute approximate surface area is 212 Å². The number of carboxylic acid groups (broad SMARTS) is 2. The highest BCUT2D eigenvalue weighted by Crippen LogP contribution is 2.25. The summed E-state index contributed by atoms with van der Waals surface area (Å²) in [6, 6.07) is 2.29. The lowest BCUT2D eigenvalue weighted by Gasteiger charge is -2.37. The second-order valence-electron chi connectivity index (χ2n) is 8.39. The molecule has 4 rings (SSSR count). The molecule has 3 aliphatic heterocycles. The van der Waals surface area contributed by atoms with Crippen molar-refractivity contribution in [3.8, 4) is 0 Å². The molecular formula is C21H27F6N3O6S. The summed E-state index contributed by atoms with van der Waals surface area (Å²) in [4.78, 5) is 37.5. The van der Waals surface area contributed by atoms with Crippen molar-refractivity contribution in [3.63, 3.8) is 0 Å². The Balaban J connectivity index is 0.000000286. The summed E-state index contributed by atoms with van der Waals surface area (Å²) in [5.41, 5.74) is 0.817. The van der Waals surface area contributed by atoms with Gasteiger partial charge in [-0.15, -0.1) is 0 Å². The van der Waals surface area contributed by atoms with Gasteiger partial charge >= 0.3 is 24.3 Å². The summed E-state index contributed by atoms with van der Waals surface area (Å²) in [7, 11) is 0. The summed E-state index contributed by atoms with van der Waals surface area (Å²) in [6.45, 7) is 8.09. The number of morpholine rings is 1. The fraction of sp³-hybridized carbons (Fsp3) is 0.667. The van der Waals surface area contributed by atoms with Gasteiger partial charge in [0, 0.05) is 38.1 Å². The van der Waals surface area contributed by atoms with Gasteiger partial charge in [-0.3, -0.25) is 9.69 Å². The van der Waals surface area contributed by atoms with Gasteiger partial charge in [0.25, 0.3) is 5.91 Å². The maximum Gasteiger partial charge on any atom is 0.490 e. The van der Waals surface area contributed by atoms with E-state index in [1.54, 1.807) is 11.3 Å². The van der Waals surface area contributed by atoms with Crippen LogP contribution in [0.25, 0.3) is 0 Å². The highest BCUT2D eigenvalue weighted by atomic mass is 32.1. The molecule has 0 spiro atoms. The van der Waals surface area contributed by atoms with Crippen molar-refractivity contribution in [1.82, 2.24) is 14.7 Å². The van der Waals surface area contributed by atoms with Gasteiger partial charge in [-0.2, -0.15) is 37.7 Å². The van der Waals surface area contributed by atoms with Crippen molar-refractivity contribution in [1.29, 1.82) is 0 Å². The molecule has 0 aromatic carbocycles. The van der Waals surface area contributed by atoms with Crippen LogP contribution in [-0.4, -0.2) is 120 Å². The van der Waals surface area contributed by atoms with Crippen LogP contribution in [0.1, 0.15) is 23.2 Å². The molecule has 1 aromatic rings. The van der Waals surface area contributed by atoms with Crippen molar-refractivity contribution in [2.75, 3.05) is 52.4 Å². The molecule has 4 heterocycles. The Morgan fingerprint density at radius 1 is 0.946 bits per heavy atom. The third-order valence-electron chi connectivity index (χ3n) is 5.86.